The lowest BCUT2D eigenvalue weighted by atomic mass is 10.1. The Hall–Kier alpha value is -2.21. The minimum atomic E-state index is -1.06. The maximum Gasteiger partial charge on any atom is 0.354 e. The number of rotatable bonds is 1. The topological polar surface area (TPSA) is 98.3 Å². The van der Waals surface area contributed by atoms with E-state index < -0.39 is 5.97 Å². The number of pyridine rings is 2. The lowest BCUT2D eigenvalue weighted by molar-refractivity contribution is 0.0690. The van der Waals surface area contributed by atoms with E-state index in [0.29, 0.717) is 24.5 Å². The van der Waals surface area contributed by atoms with E-state index in [-0.39, 0.29) is 5.69 Å². The normalized spacial score (nSPS) is 13.9. The van der Waals surface area contributed by atoms with Crippen LogP contribution in [0.2, 0.25) is 0 Å². The quantitative estimate of drug-likeness (QED) is 0.757. The minimum absolute atomic E-state index is 0.00169. The Bertz CT molecular complexity index is 639. The zero-order valence-electron chi connectivity index (χ0n) is 8.80. The van der Waals surface area contributed by atoms with Gasteiger partial charge in [-0.3, -0.25) is 0 Å². The minimum Gasteiger partial charge on any atom is -0.477 e. The van der Waals surface area contributed by atoms with Crippen molar-refractivity contribution in [1.82, 2.24) is 9.97 Å². The fraction of sp³-hybridized carbons (Fsp3) is 0.182. The predicted molar refractivity (Wildman–Crippen MR) is 59.4 cm³/mol. The second-order valence-electron chi connectivity index (χ2n) is 3.84. The number of nitrogens with two attached hydrogens (primary N) is 1. The molecule has 0 amide bonds. The second kappa shape index (κ2) is 3.39. The highest BCUT2D eigenvalue weighted by Crippen LogP contribution is 2.30. The Morgan fingerprint density at radius 2 is 2.18 bits per heavy atom. The fourth-order valence-corrected chi connectivity index (χ4v) is 1.99. The summed E-state index contributed by atoms with van der Waals surface area (Å²) in [4.78, 5) is 18.9. The molecule has 0 radical (unpaired) electrons. The molecule has 1 aliphatic heterocycles. The Morgan fingerprint density at radius 3 is 2.94 bits per heavy atom. The van der Waals surface area contributed by atoms with Crippen LogP contribution in [0.4, 0.5) is 5.82 Å². The van der Waals surface area contributed by atoms with Crippen LogP contribution in [-0.2, 0) is 18.0 Å². The van der Waals surface area contributed by atoms with Crippen molar-refractivity contribution in [2.75, 3.05) is 5.73 Å². The SMILES string of the molecule is Nc1nc2cnc(C(=O)O)cc2c2c1COC2. The van der Waals surface area contributed by atoms with Crippen molar-refractivity contribution in [3.8, 4) is 0 Å². The van der Waals surface area contributed by atoms with Crippen LogP contribution in [0.5, 0.6) is 0 Å². The largest absolute Gasteiger partial charge is 0.477 e. The zero-order valence-corrected chi connectivity index (χ0v) is 8.80. The number of hydrogen-bond acceptors (Lipinski definition) is 5. The molecule has 0 fully saturated rings. The Labute approximate surface area is 96.1 Å². The summed E-state index contributed by atoms with van der Waals surface area (Å²) < 4.78 is 5.32. The van der Waals surface area contributed by atoms with Gasteiger partial charge < -0.3 is 15.6 Å². The lowest BCUT2D eigenvalue weighted by Crippen LogP contribution is -2.03. The van der Waals surface area contributed by atoms with Gasteiger partial charge in [-0.25, -0.2) is 14.8 Å². The van der Waals surface area contributed by atoms with Crippen LogP contribution >= 0.6 is 0 Å². The number of carboxylic acid groups (broad SMARTS) is 1. The van der Waals surface area contributed by atoms with Crippen molar-refractivity contribution in [2.24, 2.45) is 0 Å². The number of aromatic nitrogens is 2. The van der Waals surface area contributed by atoms with Crippen LogP contribution in [0.1, 0.15) is 21.6 Å². The van der Waals surface area contributed by atoms with E-state index >= 15 is 0 Å². The van der Waals surface area contributed by atoms with Crippen LogP contribution in [0.15, 0.2) is 12.3 Å². The number of nitrogens with zero attached hydrogens (tertiary/aromatic N) is 2. The fourth-order valence-electron chi connectivity index (χ4n) is 1.99. The third-order valence-corrected chi connectivity index (χ3v) is 2.83. The zero-order chi connectivity index (χ0) is 12.0. The van der Waals surface area contributed by atoms with Gasteiger partial charge >= 0.3 is 5.97 Å². The molecule has 6 nitrogen and oxygen atoms in total. The van der Waals surface area contributed by atoms with E-state index in [1.807, 2.05) is 0 Å². The number of hydrogen-bond donors (Lipinski definition) is 2. The van der Waals surface area contributed by atoms with Gasteiger partial charge in [-0.1, -0.05) is 0 Å². The highest BCUT2D eigenvalue weighted by Gasteiger charge is 2.20. The van der Waals surface area contributed by atoms with Crippen LogP contribution in [0.25, 0.3) is 10.9 Å². The summed E-state index contributed by atoms with van der Waals surface area (Å²) in [6, 6.07) is 1.51. The molecule has 0 saturated carbocycles. The van der Waals surface area contributed by atoms with Crippen molar-refractivity contribution in [1.29, 1.82) is 0 Å². The number of carboxylic acids is 1. The average molecular weight is 231 g/mol. The number of carbonyl (C=O) groups is 1. The molecule has 2 aromatic heterocycles. The Morgan fingerprint density at radius 1 is 1.41 bits per heavy atom. The molecule has 2 aromatic rings. The summed E-state index contributed by atoms with van der Waals surface area (Å²) in [5.41, 5.74) is 8.15. The molecular formula is C11H9N3O3. The summed E-state index contributed by atoms with van der Waals surface area (Å²) in [7, 11) is 0. The molecule has 0 aromatic carbocycles. The van der Waals surface area contributed by atoms with E-state index in [0.717, 1.165) is 16.5 Å². The molecule has 0 spiro atoms. The summed E-state index contributed by atoms with van der Waals surface area (Å²) >= 11 is 0. The maximum absolute atomic E-state index is 10.9. The first-order valence-electron chi connectivity index (χ1n) is 5.05. The van der Waals surface area contributed by atoms with Gasteiger partial charge in [0, 0.05) is 10.9 Å². The van der Waals surface area contributed by atoms with Gasteiger partial charge in [-0.05, 0) is 11.6 Å². The molecule has 0 atom stereocenters. The number of fused-ring (bicyclic) bond motifs is 3. The molecule has 0 unspecified atom stereocenters. The molecule has 1 aliphatic rings. The molecule has 6 heteroatoms. The first kappa shape index (κ1) is 9.98. The second-order valence-corrected chi connectivity index (χ2v) is 3.84. The summed E-state index contributed by atoms with van der Waals surface area (Å²) in [5.74, 6) is -0.633. The van der Waals surface area contributed by atoms with E-state index in [1.165, 1.54) is 12.3 Å². The van der Waals surface area contributed by atoms with Crippen molar-refractivity contribution in [2.45, 2.75) is 13.2 Å². The standard InChI is InChI=1S/C11H9N3O3/c12-10-7-4-17-3-6(7)5-1-8(11(15)16)13-2-9(5)14-10/h1-2H,3-4H2,(H2,12,14)(H,15,16). The Balaban J connectivity index is 2.35. The number of ether oxygens (including phenoxy) is 1. The first-order valence-corrected chi connectivity index (χ1v) is 5.05. The van der Waals surface area contributed by atoms with Crippen molar-refractivity contribution >= 4 is 22.7 Å². The maximum atomic E-state index is 10.9. The molecule has 3 N–H and O–H groups in total. The average Bonchev–Trinajstić information content (AvgIpc) is 2.78. The highest BCUT2D eigenvalue weighted by atomic mass is 16.5. The van der Waals surface area contributed by atoms with Crippen LogP contribution in [-0.4, -0.2) is 21.0 Å². The van der Waals surface area contributed by atoms with Gasteiger partial charge in [-0.15, -0.1) is 0 Å². The van der Waals surface area contributed by atoms with E-state index in [4.69, 9.17) is 15.6 Å². The lowest BCUT2D eigenvalue weighted by Gasteiger charge is -2.06. The van der Waals surface area contributed by atoms with Gasteiger partial charge in [0.15, 0.2) is 0 Å². The molecule has 0 aliphatic carbocycles. The first-order chi connectivity index (χ1) is 8.16. The van der Waals surface area contributed by atoms with Gasteiger partial charge in [0.1, 0.15) is 11.5 Å². The van der Waals surface area contributed by atoms with Crippen molar-refractivity contribution < 1.29 is 14.6 Å². The van der Waals surface area contributed by atoms with Crippen molar-refractivity contribution in [3.05, 3.63) is 29.1 Å². The number of anilines is 1. The smallest absolute Gasteiger partial charge is 0.354 e. The summed E-state index contributed by atoms with van der Waals surface area (Å²) in [6.45, 7) is 0.858. The molecule has 17 heavy (non-hydrogen) atoms. The van der Waals surface area contributed by atoms with Crippen LogP contribution in [0.3, 0.4) is 0 Å². The monoisotopic (exact) mass is 231 g/mol. The predicted octanol–water partition coefficient (Wildman–Crippen LogP) is 0.940. The number of nitrogen functional groups attached to an aromatic ring is 1. The highest BCUT2D eigenvalue weighted by molar-refractivity contribution is 5.93. The third kappa shape index (κ3) is 1.42. The number of aromatic carboxylic acids is 1. The molecule has 86 valence electrons. The van der Waals surface area contributed by atoms with Crippen LogP contribution < -0.4 is 5.73 Å². The third-order valence-electron chi connectivity index (χ3n) is 2.83. The van der Waals surface area contributed by atoms with Gasteiger partial charge in [0.05, 0.1) is 24.9 Å². The molecule has 0 bridgehead atoms. The van der Waals surface area contributed by atoms with Gasteiger partial charge in [-0.2, -0.15) is 0 Å². The van der Waals surface area contributed by atoms with Crippen LogP contribution in [0, 0.1) is 0 Å². The van der Waals surface area contributed by atoms with E-state index in [2.05, 4.69) is 9.97 Å². The van der Waals surface area contributed by atoms with Gasteiger partial charge in [0.25, 0.3) is 0 Å². The molecule has 3 rings (SSSR count). The van der Waals surface area contributed by atoms with Gasteiger partial charge in [0.2, 0.25) is 0 Å². The molecule has 3 heterocycles. The van der Waals surface area contributed by atoms with E-state index in [1.54, 1.807) is 0 Å². The Kier molecular flexibility index (Phi) is 1.99. The molecular weight excluding hydrogens is 222 g/mol. The molecule has 0 saturated heterocycles. The van der Waals surface area contributed by atoms with E-state index in [9.17, 15) is 4.79 Å². The van der Waals surface area contributed by atoms with Crippen molar-refractivity contribution in [3.63, 3.8) is 0 Å². The summed E-state index contributed by atoms with van der Waals surface area (Å²) in [5, 5.41) is 9.66. The summed E-state index contributed by atoms with van der Waals surface area (Å²) in [6.07, 6.45) is 1.42.